The van der Waals surface area contributed by atoms with Gasteiger partial charge in [-0.1, -0.05) is 5.16 Å². The molecule has 0 aliphatic rings. The van der Waals surface area contributed by atoms with E-state index >= 15 is 0 Å². The fourth-order valence-corrected chi connectivity index (χ4v) is 2.11. The van der Waals surface area contributed by atoms with Crippen molar-refractivity contribution < 1.29 is 4.52 Å². The number of hydrogen-bond donors (Lipinski definition) is 1. The number of pyridine rings is 1. The van der Waals surface area contributed by atoms with E-state index < -0.39 is 5.76 Å². The van der Waals surface area contributed by atoms with Crippen LogP contribution in [0.3, 0.4) is 0 Å². The van der Waals surface area contributed by atoms with Crippen molar-refractivity contribution in [2.24, 2.45) is 0 Å². The summed E-state index contributed by atoms with van der Waals surface area (Å²) in [6.45, 7) is 0. The summed E-state index contributed by atoms with van der Waals surface area (Å²) in [5, 5.41) is 5.56. The maximum atomic E-state index is 10.8. The van der Waals surface area contributed by atoms with Crippen LogP contribution >= 0.6 is 11.3 Å². The molecule has 0 bridgehead atoms. The molecule has 0 saturated heterocycles. The van der Waals surface area contributed by atoms with E-state index in [9.17, 15) is 4.79 Å². The van der Waals surface area contributed by atoms with Crippen LogP contribution in [0.25, 0.3) is 21.6 Å². The first kappa shape index (κ1) is 8.37. The zero-order chi connectivity index (χ0) is 10.3. The quantitative estimate of drug-likeness (QED) is 0.675. The Balaban J connectivity index is 2.22. The van der Waals surface area contributed by atoms with Crippen molar-refractivity contribution in [3.8, 4) is 11.4 Å². The monoisotopic (exact) mass is 219 g/mol. The Bertz CT molecular complexity index is 667. The first-order valence-corrected chi connectivity index (χ1v) is 5.10. The van der Waals surface area contributed by atoms with Gasteiger partial charge in [0, 0.05) is 11.8 Å². The van der Waals surface area contributed by atoms with E-state index in [1.54, 1.807) is 17.5 Å². The largest absolute Gasteiger partial charge is 0.439 e. The molecule has 0 fully saturated rings. The molecule has 0 amide bonds. The highest BCUT2D eigenvalue weighted by Gasteiger charge is 2.06. The molecule has 0 aliphatic carbocycles. The second-order valence-electron chi connectivity index (χ2n) is 2.97. The maximum absolute atomic E-state index is 10.8. The van der Waals surface area contributed by atoms with Crippen molar-refractivity contribution in [1.82, 2.24) is 15.1 Å². The molecule has 6 heteroatoms. The molecule has 3 aromatic rings. The van der Waals surface area contributed by atoms with Gasteiger partial charge in [0.15, 0.2) is 5.82 Å². The molecule has 5 nitrogen and oxygen atoms in total. The topological polar surface area (TPSA) is 71.8 Å². The Labute approximate surface area is 87.4 Å². The molecule has 3 rings (SSSR count). The van der Waals surface area contributed by atoms with Gasteiger partial charge >= 0.3 is 5.76 Å². The lowest BCUT2D eigenvalue weighted by molar-refractivity contribution is 0.388. The highest BCUT2D eigenvalue weighted by atomic mass is 32.1. The Morgan fingerprint density at radius 1 is 1.47 bits per heavy atom. The van der Waals surface area contributed by atoms with Crippen LogP contribution in [-0.4, -0.2) is 15.1 Å². The zero-order valence-corrected chi connectivity index (χ0v) is 8.25. The lowest BCUT2D eigenvalue weighted by Gasteiger charge is -1.93. The van der Waals surface area contributed by atoms with Gasteiger partial charge in [-0.15, -0.1) is 11.3 Å². The molecule has 0 unspecified atom stereocenters. The van der Waals surface area contributed by atoms with Crippen LogP contribution in [0, 0.1) is 0 Å². The standard InChI is InChI=1S/C9H5N3O2S/c13-9-11-8(12-14-9)5-3-7-6(10-4-5)1-2-15-7/h1-4H,(H,11,12,13). The van der Waals surface area contributed by atoms with E-state index in [2.05, 4.69) is 19.6 Å². The molecule has 0 aliphatic heterocycles. The summed E-state index contributed by atoms with van der Waals surface area (Å²) < 4.78 is 5.48. The van der Waals surface area contributed by atoms with Gasteiger partial charge in [-0.25, -0.2) is 4.79 Å². The Morgan fingerprint density at radius 3 is 3.20 bits per heavy atom. The fourth-order valence-electron chi connectivity index (χ4n) is 1.33. The third-order valence-corrected chi connectivity index (χ3v) is 2.87. The van der Waals surface area contributed by atoms with E-state index in [4.69, 9.17) is 0 Å². The SMILES string of the molecule is O=c1[nH]c(-c2cnc3ccsc3c2)no1. The minimum absolute atomic E-state index is 0.405. The number of rotatable bonds is 1. The summed E-state index contributed by atoms with van der Waals surface area (Å²) in [4.78, 5) is 17.5. The van der Waals surface area contributed by atoms with Crippen molar-refractivity contribution in [2.75, 3.05) is 0 Å². The van der Waals surface area contributed by atoms with Gasteiger partial charge in [0.1, 0.15) is 0 Å². The number of nitrogens with zero attached hydrogens (tertiary/aromatic N) is 2. The van der Waals surface area contributed by atoms with Crippen LogP contribution in [-0.2, 0) is 0 Å². The van der Waals surface area contributed by atoms with Gasteiger partial charge in [-0.2, -0.15) is 0 Å². The summed E-state index contributed by atoms with van der Waals surface area (Å²) in [5.74, 6) is -0.154. The van der Waals surface area contributed by atoms with Gasteiger partial charge in [0.2, 0.25) is 0 Å². The molecular formula is C9H5N3O2S. The highest BCUT2D eigenvalue weighted by Crippen LogP contribution is 2.23. The van der Waals surface area contributed by atoms with Crippen LogP contribution in [0.2, 0.25) is 0 Å². The average molecular weight is 219 g/mol. The summed E-state index contributed by atoms with van der Waals surface area (Å²) in [5.41, 5.74) is 1.69. The number of thiophene rings is 1. The van der Waals surface area contributed by atoms with Gasteiger partial charge in [0.25, 0.3) is 0 Å². The molecule has 74 valence electrons. The van der Waals surface area contributed by atoms with Crippen LogP contribution in [0.5, 0.6) is 0 Å². The van der Waals surface area contributed by atoms with Crippen molar-refractivity contribution in [3.63, 3.8) is 0 Å². The van der Waals surface area contributed by atoms with Crippen molar-refractivity contribution in [3.05, 3.63) is 34.3 Å². The number of nitrogens with one attached hydrogen (secondary N) is 1. The van der Waals surface area contributed by atoms with Crippen molar-refractivity contribution >= 4 is 21.6 Å². The Kier molecular flexibility index (Phi) is 1.69. The number of H-pyrrole nitrogens is 1. The first-order chi connectivity index (χ1) is 7.33. The lowest BCUT2D eigenvalue weighted by atomic mass is 10.2. The molecule has 3 aromatic heterocycles. The van der Waals surface area contributed by atoms with Gasteiger partial charge in [-0.3, -0.25) is 14.5 Å². The fraction of sp³-hybridized carbons (Fsp3) is 0. The summed E-state index contributed by atoms with van der Waals surface area (Å²) in [6.07, 6.45) is 1.66. The number of fused-ring (bicyclic) bond motifs is 1. The van der Waals surface area contributed by atoms with E-state index in [0.717, 1.165) is 15.8 Å². The molecule has 3 heterocycles. The predicted octanol–water partition coefficient (Wildman–Crippen LogP) is 1.64. The van der Waals surface area contributed by atoms with Gasteiger partial charge < -0.3 is 0 Å². The second kappa shape index (κ2) is 3.03. The van der Waals surface area contributed by atoms with Crippen molar-refractivity contribution in [1.29, 1.82) is 0 Å². The van der Waals surface area contributed by atoms with E-state index in [-0.39, 0.29) is 0 Å². The van der Waals surface area contributed by atoms with E-state index in [1.807, 2.05) is 17.5 Å². The number of hydrogen-bond acceptors (Lipinski definition) is 5. The minimum atomic E-state index is -0.559. The van der Waals surface area contributed by atoms with Crippen LogP contribution in [0.4, 0.5) is 0 Å². The van der Waals surface area contributed by atoms with Crippen molar-refractivity contribution in [2.45, 2.75) is 0 Å². The Morgan fingerprint density at radius 2 is 2.40 bits per heavy atom. The summed E-state index contributed by atoms with van der Waals surface area (Å²) in [6, 6.07) is 3.86. The Hall–Kier alpha value is -1.95. The first-order valence-electron chi connectivity index (χ1n) is 4.22. The minimum Gasteiger partial charge on any atom is -0.296 e. The maximum Gasteiger partial charge on any atom is 0.439 e. The van der Waals surface area contributed by atoms with Crippen LogP contribution in [0.1, 0.15) is 0 Å². The summed E-state index contributed by atoms with van der Waals surface area (Å²) >= 11 is 1.59. The number of aromatic amines is 1. The van der Waals surface area contributed by atoms with Crippen LogP contribution < -0.4 is 5.76 Å². The molecular weight excluding hydrogens is 214 g/mol. The average Bonchev–Trinajstić information content (AvgIpc) is 2.84. The molecule has 0 radical (unpaired) electrons. The van der Waals surface area contributed by atoms with E-state index in [1.165, 1.54) is 0 Å². The van der Waals surface area contributed by atoms with Crippen LogP contribution in [0.15, 0.2) is 33.0 Å². The molecule has 1 N–H and O–H groups in total. The third-order valence-electron chi connectivity index (χ3n) is 2.02. The number of aromatic nitrogens is 3. The highest BCUT2D eigenvalue weighted by molar-refractivity contribution is 7.17. The van der Waals surface area contributed by atoms with Gasteiger partial charge in [0.05, 0.1) is 10.2 Å². The normalized spacial score (nSPS) is 10.9. The second-order valence-corrected chi connectivity index (χ2v) is 3.92. The van der Waals surface area contributed by atoms with E-state index in [0.29, 0.717) is 5.82 Å². The summed E-state index contributed by atoms with van der Waals surface area (Å²) in [7, 11) is 0. The molecule has 0 aromatic carbocycles. The predicted molar refractivity (Wildman–Crippen MR) is 55.7 cm³/mol. The molecule has 0 spiro atoms. The third kappa shape index (κ3) is 1.35. The van der Waals surface area contributed by atoms with Gasteiger partial charge in [-0.05, 0) is 17.5 Å². The molecule has 0 atom stereocenters. The molecule has 0 saturated carbocycles. The molecule has 15 heavy (non-hydrogen) atoms. The zero-order valence-electron chi connectivity index (χ0n) is 7.43. The lowest BCUT2D eigenvalue weighted by Crippen LogP contribution is -1.94. The smallest absolute Gasteiger partial charge is 0.296 e.